The normalized spacial score (nSPS) is 43.5. The molecule has 20 heavy (non-hydrogen) atoms. The molecule has 0 unspecified atom stereocenters. The van der Waals surface area contributed by atoms with E-state index in [1.165, 1.54) is 5.57 Å². The molecule has 2 saturated carbocycles. The first-order valence-electron chi connectivity index (χ1n) is 7.53. The minimum absolute atomic E-state index is 0.0311. The van der Waals surface area contributed by atoms with Gasteiger partial charge in [0.25, 0.3) is 0 Å². The highest BCUT2D eigenvalue weighted by molar-refractivity contribution is 6.01. The molecule has 3 aliphatic rings. The van der Waals surface area contributed by atoms with E-state index < -0.39 is 11.4 Å². The molecule has 108 valence electrons. The third-order valence-electron chi connectivity index (χ3n) is 5.96. The zero-order chi connectivity index (χ0) is 14.5. The van der Waals surface area contributed by atoms with Gasteiger partial charge in [0.05, 0.1) is 5.41 Å². The number of allylic oxidation sites excluding steroid dienone is 4. The van der Waals surface area contributed by atoms with E-state index in [2.05, 4.69) is 13.0 Å². The standard InChI is InChI=1S/C17H22O3/c1-16(15(19)20)7-6-14-11(10-16)3-4-12-9-13(18)5-8-17(12,14)2/h5,8-9,11,14H,3-4,6-7,10H2,1-2H3,(H,19,20)/t11-,14-,16-,17-/m0/s1. The maximum absolute atomic E-state index is 11.6. The summed E-state index contributed by atoms with van der Waals surface area (Å²) in [5.74, 6) is 0.392. The molecule has 0 aromatic rings. The van der Waals surface area contributed by atoms with Crippen molar-refractivity contribution in [2.45, 2.75) is 46.0 Å². The van der Waals surface area contributed by atoms with Crippen LogP contribution in [0.5, 0.6) is 0 Å². The molecule has 0 spiro atoms. The quantitative estimate of drug-likeness (QED) is 0.797. The fraction of sp³-hybridized carbons (Fsp3) is 0.647. The molecule has 0 amide bonds. The van der Waals surface area contributed by atoms with Crippen LogP contribution in [0.1, 0.15) is 46.0 Å². The molecule has 2 fully saturated rings. The van der Waals surface area contributed by atoms with E-state index in [1.807, 2.05) is 6.92 Å². The average molecular weight is 274 g/mol. The van der Waals surface area contributed by atoms with Crippen molar-refractivity contribution in [1.29, 1.82) is 0 Å². The third-order valence-corrected chi connectivity index (χ3v) is 5.96. The van der Waals surface area contributed by atoms with Gasteiger partial charge >= 0.3 is 5.97 Å². The lowest BCUT2D eigenvalue weighted by Gasteiger charge is -2.52. The summed E-state index contributed by atoms with van der Waals surface area (Å²) in [6.45, 7) is 4.11. The topological polar surface area (TPSA) is 54.4 Å². The van der Waals surface area contributed by atoms with Gasteiger partial charge in [-0.3, -0.25) is 9.59 Å². The Kier molecular flexibility index (Phi) is 2.93. The molecule has 1 N–H and O–H groups in total. The molecule has 3 heteroatoms. The monoisotopic (exact) mass is 274 g/mol. The van der Waals surface area contributed by atoms with E-state index in [4.69, 9.17) is 0 Å². The molecule has 3 rings (SSSR count). The number of aliphatic carboxylic acids is 1. The Morgan fingerprint density at radius 2 is 2.10 bits per heavy atom. The third kappa shape index (κ3) is 1.87. The van der Waals surface area contributed by atoms with Crippen LogP contribution >= 0.6 is 0 Å². The first-order chi connectivity index (χ1) is 9.35. The molecule has 0 aliphatic heterocycles. The van der Waals surface area contributed by atoms with E-state index in [0.717, 1.165) is 32.1 Å². The lowest BCUT2D eigenvalue weighted by Crippen LogP contribution is -2.46. The number of ketones is 1. The molecule has 4 atom stereocenters. The van der Waals surface area contributed by atoms with Crippen LogP contribution in [-0.2, 0) is 9.59 Å². The molecule has 3 aliphatic carbocycles. The first kappa shape index (κ1) is 13.6. The van der Waals surface area contributed by atoms with Crippen LogP contribution < -0.4 is 0 Å². The minimum Gasteiger partial charge on any atom is -0.481 e. The number of carboxylic acids is 1. The SMILES string of the molecule is C[C@]1(C(=O)O)CC[C@H]2[C@@H](CCC3=CC(=O)C=C[C@@]32C)C1. The predicted molar refractivity (Wildman–Crippen MR) is 76.1 cm³/mol. The van der Waals surface area contributed by atoms with Crippen LogP contribution in [0.3, 0.4) is 0 Å². The van der Waals surface area contributed by atoms with Crippen molar-refractivity contribution in [2.24, 2.45) is 22.7 Å². The fourth-order valence-corrected chi connectivity index (χ4v) is 4.60. The van der Waals surface area contributed by atoms with Crippen LogP contribution in [0.2, 0.25) is 0 Å². The second-order valence-corrected chi connectivity index (χ2v) is 7.20. The number of carbonyl (C=O) groups is 2. The van der Waals surface area contributed by atoms with Crippen LogP contribution in [-0.4, -0.2) is 16.9 Å². The molecule has 0 saturated heterocycles. The van der Waals surface area contributed by atoms with Gasteiger partial charge in [0.2, 0.25) is 0 Å². The number of hydrogen-bond donors (Lipinski definition) is 1. The number of rotatable bonds is 1. The van der Waals surface area contributed by atoms with Gasteiger partial charge in [0, 0.05) is 5.41 Å². The predicted octanol–water partition coefficient (Wildman–Crippen LogP) is 3.36. The second kappa shape index (κ2) is 4.31. The summed E-state index contributed by atoms with van der Waals surface area (Å²) >= 11 is 0. The minimum atomic E-state index is -0.656. The molecule has 0 radical (unpaired) electrons. The highest BCUT2D eigenvalue weighted by Crippen LogP contribution is 2.58. The zero-order valence-corrected chi connectivity index (χ0v) is 12.2. The smallest absolute Gasteiger partial charge is 0.309 e. The number of carbonyl (C=O) groups excluding carboxylic acids is 1. The van der Waals surface area contributed by atoms with Gasteiger partial charge in [-0.15, -0.1) is 0 Å². The summed E-state index contributed by atoms with van der Waals surface area (Å²) in [6.07, 6.45) is 9.99. The van der Waals surface area contributed by atoms with Gasteiger partial charge in [-0.25, -0.2) is 0 Å². The number of hydrogen-bond acceptors (Lipinski definition) is 2. The van der Waals surface area contributed by atoms with Crippen molar-refractivity contribution >= 4 is 11.8 Å². The first-order valence-corrected chi connectivity index (χ1v) is 7.53. The summed E-state index contributed by atoms with van der Waals surface area (Å²) in [4.78, 5) is 23.1. The average Bonchev–Trinajstić information content (AvgIpc) is 2.39. The Bertz CT molecular complexity index is 530. The molecule has 0 bridgehead atoms. The molecule has 0 heterocycles. The Labute approximate surface area is 119 Å². The molecule has 0 aromatic carbocycles. The molecular weight excluding hydrogens is 252 g/mol. The van der Waals surface area contributed by atoms with Gasteiger partial charge in [0.1, 0.15) is 0 Å². The highest BCUT2D eigenvalue weighted by atomic mass is 16.4. The van der Waals surface area contributed by atoms with Gasteiger partial charge in [-0.2, -0.15) is 0 Å². The molecule has 0 aromatic heterocycles. The maximum Gasteiger partial charge on any atom is 0.309 e. The van der Waals surface area contributed by atoms with E-state index in [1.54, 1.807) is 12.2 Å². The Morgan fingerprint density at radius 1 is 1.35 bits per heavy atom. The summed E-state index contributed by atoms with van der Waals surface area (Å²) in [5, 5.41) is 9.45. The lowest BCUT2D eigenvalue weighted by atomic mass is 9.51. The lowest BCUT2D eigenvalue weighted by molar-refractivity contribution is -0.153. The van der Waals surface area contributed by atoms with Crippen LogP contribution in [0.15, 0.2) is 23.8 Å². The van der Waals surface area contributed by atoms with Crippen molar-refractivity contribution in [2.75, 3.05) is 0 Å². The van der Waals surface area contributed by atoms with Crippen molar-refractivity contribution in [3.8, 4) is 0 Å². The van der Waals surface area contributed by atoms with E-state index >= 15 is 0 Å². The summed E-state index contributed by atoms with van der Waals surface area (Å²) < 4.78 is 0. The van der Waals surface area contributed by atoms with E-state index in [-0.39, 0.29) is 11.2 Å². The van der Waals surface area contributed by atoms with Gasteiger partial charge < -0.3 is 5.11 Å². The van der Waals surface area contributed by atoms with Crippen molar-refractivity contribution in [3.63, 3.8) is 0 Å². The van der Waals surface area contributed by atoms with E-state index in [9.17, 15) is 14.7 Å². The largest absolute Gasteiger partial charge is 0.481 e. The number of carboxylic acid groups (broad SMARTS) is 1. The maximum atomic E-state index is 11.6. The van der Waals surface area contributed by atoms with Crippen molar-refractivity contribution < 1.29 is 14.7 Å². The summed E-state index contributed by atoms with van der Waals surface area (Å²) in [6, 6.07) is 0. The Morgan fingerprint density at radius 3 is 2.80 bits per heavy atom. The van der Waals surface area contributed by atoms with Crippen molar-refractivity contribution in [1.82, 2.24) is 0 Å². The highest BCUT2D eigenvalue weighted by Gasteiger charge is 2.51. The van der Waals surface area contributed by atoms with Gasteiger partial charge in [0.15, 0.2) is 5.78 Å². The van der Waals surface area contributed by atoms with Gasteiger partial charge in [-0.1, -0.05) is 18.6 Å². The second-order valence-electron chi connectivity index (χ2n) is 7.20. The Hall–Kier alpha value is -1.38. The van der Waals surface area contributed by atoms with E-state index in [0.29, 0.717) is 11.8 Å². The molecule has 3 nitrogen and oxygen atoms in total. The van der Waals surface area contributed by atoms with Gasteiger partial charge in [-0.05, 0) is 63.0 Å². The fourth-order valence-electron chi connectivity index (χ4n) is 4.60. The summed E-state index contributed by atoms with van der Waals surface area (Å²) in [7, 11) is 0. The Balaban J connectivity index is 1.90. The number of fused-ring (bicyclic) bond motifs is 3. The van der Waals surface area contributed by atoms with Crippen LogP contribution in [0, 0.1) is 22.7 Å². The zero-order valence-electron chi connectivity index (χ0n) is 12.2. The molecular formula is C17H22O3. The summed E-state index contributed by atoms with van der Waals surface area (Å²) in [5.41, 5.74) is 0.661. The van der Waals surface area contributed by atoms with Crippen LogP contribution in [0.4, 0.5) is 0 Å². The van der Waals surface area contributed by atoms with Crippen LogP contribution in [0.25, 0.3) is 0 Å². The van der Waals surface area contributed by atoms with Crippen molar-refractivity contribution in [3.05, 3.63) is 23.8 Å².